The molecule has 0 aromatic heterocycles. The minimum Gasteiger partial charge on any atom is -0.488 e. The number of carbonyl (C=O) groups excluding carboxylic acids is 2. The van der Waals surface area contributed by atoms with Crippen LogP contribution in [-0.2, 0) is 16.2 Å². The van der Waals surface area contributed by atoms with Gasteiger partial charge in [-0.25, -0.2) is 0 Å². The molecule has 7 heteroatoms. The van der Waals surface area contributed by atoms with Crippen LogP contribution in [-0.4, -0.2) is 23.0 Å². The van der Waals surface area contributed by atoms with E-state index in [0.717, 1.165) is 33.5 Å². The van der Waals surface area contributed by atoms with Gasteiger partial charge in [0, 0.05) is 10.6 Å². The summed E-state index contributed by atoms with van der Waals surface area (Å²) in [5, 5.41) is 5.99. The van der Waals surface area contributed by atoms with Crippen LogP contribution in [0.15, 0.2) is 64.2 Å². The van der Waals surface area contributed by atoms with Crippen molar-refractivity contribution in [3.05, 3.63) is 75.2 Å². The highest BCUT2D eigenvalue weighted by Crippen LogP contribution is 2.49. The fraction of sp³-hybridized carbons (Fsp3) is 0.292. The Labute approximate surface area is 193 Å². The number of imide groups is 1. The summed E-state index contributed by atoms with van der Waals surface area (Å²) in [5.74, 6) is 0.138. The Kier molecular flexibility index (Phi) is 5.44. The highest BCUT2D eigenvalue weighted by molar-refractivity contribution is 9.10. The Morgan fingerprint density at radius 2 is 1.74 bits per heavy atom. The third-order valence-corrected chi connectivity index (χ3v) is 7.34. The molecule has 158 valence electrons. The van der Waals surface area contributed by atoms with E-state index >= 15 is 0 Å². The van der Waals surface area contributed by atoms with Crippen molar-refractivity contribution >= 4 is 45.6 Å². The molecule has 0 radical (unpaired) electrons. The van der Waals surface area contributed by atoms with Gasteiger partial charge >= 0.3 is 0 Å². The SMILES string of the molecule is O=C1[C@@H]2[C@@H](C(=O)N1/N=C\c1ccc(OCc3ccccc3Cl)c(Br)c1)[C@H]1C=C[C@H]2CC1. The first kappa shape index (κ1) is 20.5. The molecule has 1 aliphatic heterocycles. The summed E-state index contributed by atoms with van der Waals surface area (Å²) in [7, 11) is 0. The zero-order valence-electron chi connectivity index (χ0n) is 16.6. The molecule has 2 amide bonds. The summed E-state index contributed by atoms with van der Waals surface area (Å²) >= 11 is 9.69. The number of hydrazone groups is 1. The molecule has 3 aliphatic carbocycles. The fourth-order valence-corrected chi connectivity index (χ4v) is 5.48. The number of halogens is 2. The Bertz CT molecular complexity index is 1080. The number of allylic oxidation sites excluding steroid dienone is 2. The molecule has 2 fully saturated rings. The van der Waals surface area contributed by atoms with Crippen molar-refractivity contribution < 1.29 is 14.3 Å². The molecule has 0 spiro atoms. The fourth-order valence-electron chi connectivity index (χ4n) is 4.78. The van der Waals surface area contributed by atoms with Crippen molar-refractivity contribution in [2.75, 3.05) is 0 Å². The van der Waals surface area contributed by atoms with Crippen molar-refractivity contribution in [2.45, 2.75) is 19.4 Å². The maximum Gasteiger partial charge on any atom is 0.254 e. The van der Waals surface area contributed by atoms with Crippen molar-refractivity contribution in [1.82, 2.24) is 5.01 Å². The van der Waals surface area contributed by atoms with E-state index in [1.165, 1.54) is 0 Å². The lowest BCUT2D eigenvalue weighted by molar-refractivity contribution is -0.140. The molecule has 4 atom stereocenters. The van der Waals surface area contributed by atoms with Crippen LogP contribution in [0.25, 0.3) is 0 Å². The Balaban J connectivity index is 1.28. The molecule has 2 bridgehead atoms. The number of fused-ring (bicyclic) bond motifs is 1. The molecule has 6 rings (SSSR count). The molecule has 31 heavy (non-hydrogen) atoms. The number of benzene rings is 2. The Morgan fingerprint density at radius 1 is 1.06 bits per heavy atom. The minimum atomic E-state index is -0.249. The number of ether oxygens (including phenoxy) is 1. The van der Waals surface area contributed by atoms with E-state index in [1.807, 2.05) is 42.5 Å². The normalized spacial score (nSPS) is 26.7. The quantitative estimate of drug-likeness (QED) is 0.322. The lowest BCUT2D eigenvalue weighted by Gasteiger charge is -2.37. The molecule has 1 heterocycles. The highest BCUT2D eigenvalue weighted by atomic mass is 79.9. The standard InChI is InChI=1S/C24H20BrClN2O3/c25-18-11-14(5-10-20(18)31-13-17-3-1-2-4-19(17)26)12-27-28-23(29)21-15-6-7-16(9-8-15)22(21)24(28)30/h1-7,10-12,15-16,21-22H,8-9,13H2/b27-12-/t15-,16-,21-,22-/m0/s1. The highest BCUT2D eigenvalue weighted by Gasteiger charge is 2.56. The van der Waals surface area contributed by atoms with Crippen LogP contribution in [0, 0.1) is 23.7 Å². The first-order valence-corrected chi connectivity index (χ1v) is 11.5. The summed E-state index contributed by atoms with van der Waals surface area (Å²) in [6.07, 6.45) is 7.70. The largest absolute Gasteiger partial charge is 0.488 e. The van der Waals surface area contributed by atoms with Crippen LogP contribution >= 0.6 is 27.5 Å². The molecule has 1 saturated heterocycles. The summed E-state index contributed by atoms with van der Waals surface area (Å²) in [6.45, 7) is 0.349. The van der Waals surface area contributed by atoms with E-state index in [1.54, 1.807) is 6.21 Å². The molecule has 2 aromatic rings. The van der Waals surface area contributed by atoms with Gasteiger partial charge in [0.05, 0.1) is 22.5 Å². The average Bonchev–Trinajstić information content (AvgIpc) is 3.05. The number of carbonyl (C=O) groups is 2. The van der Waals surface area contributed by atoms with Gasteiger partial charge in [0.25, 0.3) is 11.8 Å². The van der Waals surface area contributed by atoms with Gasteiger partial charge in [-0.2, -0.15) is 10.1 Å². The second kappa shape index (κ2) is 8.24. The first-order valence-electron chi connectivity index (χ1n) is 10.3. The average molecular weight is 500 g/mol. The minimum absolute atomic E-state index is 0.162. The number of amides is 2. The summed E-state index contributed by atoms with van der Waals surface area (Å²) in [6, 6.07) is 13.0. The lowest BCUT2D eigenvalue weighted by Crippen LogP contribution is -2.38. The van der Waals surface area contributed by atoms with Crippen LogP contribution in [0.1, 0.15) is 24.0 Å². The van der Waals surface area contributed by atoms with E-state index in [4.69, 9.17) is 16.3 Å². The van der Waals surface area contributed by atoms with Crippen LogP contribution in [0.3, 0.4) is 0 Å². The van der Waals surface area contributed by atoms with Gasteiger partial charge in [0.2, 0.25) is 0 Å². The molecule has 4 aliphatic rings. The zero-order valence-corrected chi connectivity index (χ0v) is 18.9. The summed E-state index contributed by atoms with van der Waals surface area (Å²) < 4.78 is 6.61. The number of hydrogen-bond donors (Lipinski definition) is 0. The van der Waals surface area contributed by atoms with E-state index in [-0.39, 0.29) is 35.5 Å². The van der Waals surface area contributed by atoms with Crippen LogP contribution in [0.2, 0.25) is 5.02 Å². The van der Waals surface area contributed by atoms with Crippen molar-refractivity contribution in [3.63, 3.8) is 0 Å². The van der Waals surface area contributed by atoms with Crippen molar-refractivity contribution in [3.8, 4) is 5.75 Å². The van der Waals surface area contributed by atoms with Gasteiger partial charge in [-0.3, -0.25) is 9.59 Å². The predicted octanol–water partition coefficient (Wildman–Crippen LogP) is 5.21. The topological polar surface area (TPSA) is 59.0 Å². The van der Waals surface area contributed by atoms with E-state index < -0.39 is 0 Å². The third-order valence-electron chi connectivity index (χ3n) is 6.36. The van der Waals surface area contributed by atoms with E-state index in [9.17, 15) is 9.59 Å². The smallest absolute Gasteiger partial charge is 0.254 e. The van der Waals surface area contributed by atoms with Crippen LogP contribution < -0.4 is 4.74 Å². The third kappa shape index (κ3) is 3.72. The number of nitrogens with zero attached hydrogens (tertiary/aromatic N) is 2. The van der Waals surface area contributed by atoms with Crippen molar-refractivity contribution in [1.29, 1.82) is 0 Å². The first-order chi connectivity index (χ1) is 15.0. The Hall–Kier alpha value is -2.44. The zero-order chi connectivity index (χ0) is 21.5. The van der Waals surface area contributed by atoms with Crippen LogP contribution in [0.5, 0.6) is 5.75 Å². The monoisotopic (exact) mass is 498 g/mol. The van der Waals surface area contributed by atoms with Gasteiger partial charge in [-0.1, -0.05) is 42.0 Å². The van der Waals surface area contributed by atoms with Crippen molar-refractivity contribution in [2.24, 2.45) is 28.8 Å². The van der Waals surface area contributed by atoms with Gasteiger partial charge < -0.3 is 4.74 Å². The number of rotatable bonds is 5. The molecule has 1 saturated carbocycles. The summed E-state index contributed by atoms with van der Waals surface area (Å²) in [4.78, 5) is 25.7. The summed E-state index contributed by atoms with van der Waals surface area (Å²) in [5.41, 5.74) is 1.66. The van der Waals surface area contributed by atoms with Gasteiger partial charge in [0.15, 0.2) is 0 Å². The van der Waals surface area contributed by atoms with Gasteiger partial charge in [0.1, 0.15) is 12.4 Å². The Morgan fingerprint density at radius 3 is 2.35 bits per heavy atom. The maximum absolute atomic E-state index is 12.8. The van der Waals surface area contributed by atoms with E-state index in [2.05, 4.69) is 33.2 Å². The second-order valence-corrected chi connectivity index (χ2v) is 9.41. The van der Waals surface area contributed by atoms with E-state index in [0.29, 0.717) is 17.4 Å². The molecule has 5 nitrogen and oxygen atoms in total. The maximum atomic E-state index is 12.8. The number of hydrogen-bond acceptors (Lipinski definition) is 4. The molecule has 0 unspecified atom stereocenters. The van der Waals surface area contributed by atoms with Gasteiger partial charge in [-0.05, 0) is 70.4 Å². The lowest BCUT2D eigenvalue weighted by atomic mass is 9.63. The predicted molar refractivity (Wildman–Crippen MR) is 122 cm³/mol. The molecule has 2 aromatic carbocycles. The van der Waals surface area contributed by atoms with Gasteiger partial charge in [-0.15, -0.1) is 0 Å². The molecule has 0 N–H and O–H groups in total. The second-order valence-electron chi connectivity index (χ2n) is 8.14. The molecular formula is C24H20BrClN2O3. The van der Waals surface area contributed by atoms with Crippen LogP contribution in [0.4, 0.5) is 0 Å². The molecular weight excluding hydrogens is 480 g/mol.